The molecule has 1 fully saturated rings. The third-order valence-corrected chi connectivity index (χ3v) is 5.21. The van der Waals surface area contributed by atoms with E-state index in [0.717, 1.165) is 10.5 Å². The normalized spacial score (nSPS) is 16.3. The summed E-state index contributed by atoms with van der Waals surface area (Å²) in [6, 6.07) is 13.9. The number of hydrogen-bond acceptors (Lipinski definition) is 7. The summed E-state index contributed by atoms with van der Waals surface area (Å²) in [6.45, 7) is 1.52. The fourth-order valence-electron chi connectivity index (χ4n) is 3.51. The van der Waals surface area contributed by atoms with Crippen molar-refractivity contribution in [3.05, 3.63) is 71.5 Å². The predicted octanol–water partition coefficient (Wildman–Crippen LogP) is 3.54. The van der Waals surface area contributed by atoms with Crippen molar-refractivity contribution in [2.45, 2.75) is 6.92 Å². The number of nitrogens with one attached hydrogen (secondary N) is 1. The Morgan fingerprint density at radius 3 is 2.48 bits per heavy atom. The fraction of sp³-hybridized carbons (Fsp3) is 0.0833. The van der Waals surface area contributed by atoms with Crippen LogP contribution in [0.3, 0.4) is 0 Å². The second-order valence-electron chi connectivity index (χ2n) is 7.33. The number of hydrogen-bond donors (Lipinski definition) is 1. The smallest absolute Gasteiger partial charge is 0.335 e. The van der Waals surface area contributed by atoms with E-state index in [9.17, 15) is 19.2 Å². The highest BCUT2D eigenvalue weighted by atomic mass is 16.7. The van der Waals surface area contributed by atoms with E-state index < -0.39 is 17.8 Å². The lowest BCUT2D eigenvalue weighted by molar-refractivity contribution is -0.122. The molecule has 0 radical (unpaired) electrons. The minimum absolute atomic E-state index is 0.0425. The number of fused-ring (bicyclic) bond motifs is 1. The van der Waals surface area contributed by atoms with Gasteiger partial charge in [0.25, 0.3) is 11.8 Å². The number of Topliss-reactive ketones (excluding diaryl/α,β-unsaturated/α-hetero) is 1. The van der Waals surface area contributed by atoms with E-state index in [0.29, 0.717) is 22.8 Å². The summed E-state index contributed by atoms with van der Waals surface area (Å²) in [4.78, 5) is 50.2. The minimum atomic E-state index is -0.869. The number of nitrogens with zero attached hydrogens (tertiary/aromatic N) is 1. The Labute approximate surface area is 187 Å². The topological polar surface area (TPSA) is 115 Å². The summed E-state index contributed by atoms with van der Waals surface area (Å²) in [7, 11) is 0. The largest absolute Gasteiger partial charge is 0.457 e. The van der Waals surface area contributed by atoms with Crippen molar-refractivity contribution in [2.24, 2.45) is 0 Å². The Bertz CT molecular complexity index is 1350. The number of ether oxygens (including phenoxy) is 2. The van der Waals surface area contributed by atoms with Gasteiger partial charge in [0, 0.05) is 17.2 Å². The van der Waals surface area contributed by atoms with Crippen molar-refractivity contribution in [3.8, 4) is 22.8 Å². The van der Waals surface area contributed by atoms with Crippen LogP contribution in [-0.4, -0.2) is 30.4 Å². The highest BCUT2D eigenvalue weighted by Gasteiger charge is 2.37. The molecule has 33 heavy (non-hydrogen) atoms. The van der Waals surface area contributed by atoms with Crippen LogP contribution in [0.2, 0.25) is 0 Å². The van der Waals surface area contributed by atoms with Gasteiger partial charge in [0.1, 0.15) is 17.1 Å². The number of barbiturate groups is 1. The molecular formula is C24H16N2O7. The van der Waals surface area contributed by atoms with Crippen molar-refractivity contribution in [1.82, 2.24) is 5.32 Å². The lowest BCUT2D eigenvalue weighted by Gasteiger charge is -2.26. The molecule has 0 aliphatic carbocycles. The molecule has 9 nitrogen and oxygen atoms in total. The van der Waals surface area contributed by atoms with E-state index in [4.69, 9.17) is 13.9 Å². The summed E-state index contributed by atoms with van der Waals surface area (Å²) < 4.78 is 16.3. The summed E-state index contributed by atoms with van der Waals surface area (Å²) in [5.41, 5.74) is 1.26. The van der Waals surface area contributed by atoms with Crippen LogP contribution >= 0.6 is 0 Å². The molecule has 2 aliphatic heterocycles. The Hall–Kier alpha value is -4.66. The van der Waals surface area contributed by atoms with Crippen molar-refractivity contribution >= 4 is 35.4 Å². The number of carbonyl (C=O) groups is 4. The van der Waals surface area contributed by atoms with Gasteiger partial charge in [-0.05, 0) is 37.3 Å². The molecule has 2 aromatic carbocycles. The molecule has 9 heteroatoms. The van der Waals surface area contributed by atoms with Gasteiger partial charge in [0.2, 0.25) is 6.79 Å². The Morgan fingerprint density at radius 2 is 1.73 bits per heavy atom. The maximum Gasteiger partial charge on any atom is 0.335 e. The van der Waals surface area contributed by atoms with Crippen LogP contribution in [-0.2, 0) is 9.59 Å². The lowest BCUT2D eigenvalue weighted by Crippen LogP contribution is -2.54. The highest BCUT2D eigenvalue weighted by Crippen LogP contribution is 2.36. The number of furan rings is 1. The van der Waals surface area contributed by atoms with Gasteiger partial charge in [-0.25, -0.2) is 9.69 Å². The fourth-order valence-corrected chi connectivity index (χ4v) is 3.51. The van der Waals surface area contributed by atoms with E-state index in [1.165, 1.54) is 25.1 Å². The third-order valence-electron chi connectivity index (χ3n) is 5.21. The second-order valence-corrected chi connectivity index (χ2v) is 7.33. The molecule has 0 saturated carbocycles. The van der Waals surface area contributed by atoms with Gasteiger partial charge >= 0.3 is 6.03 Å². The van der Waals surface area contributed by atoms with E-state index >= 15 is 0 Å². The van der Waals surface area contributed by atoms with E-state index in [1.54, 1.807) is 42.5 Å². The number of amides is 4. The zero-order valence-corrected chi connectivity index (χ0v) is 17.3. The third kappa shape index (κ3) is 3.65. The van der Waals surface area contributed by atoms with Gasteiger partial charge < -0.3 is 13.9 Å². The Morgan fingerprint density at radius 1 is 0.970 bits per heavy atom. The van der Waals surface area contributed by atoms with Gasteiger partial charge in [-0.3, -0.25) is 19.7 Å². The standard InChI is InChI=1S/C24H16N2O7/c1-13(27)14-2-4-15(5-3-14)19-9-7-17(33-19)11-18-22(28)25-24(30)26(23(18)29)16-6-8-20-21(10-16)32-12-31-20/h2-11H,12H2,1H3,(H,25,28,30)/b18-11+. The molecule has 3 aromatic rings. The van der Waals surface area contributed by atoms with Crippen LogP contribution in [0, 0.1) is 0 Å². The number of rotatable bonds is 4. The Balaban J connectivity index is 1.44. The van der Waals surface area contributed by atoms with Gasteiger partial charge in [-0.15, -0.1) is 0 Å². The van der Waals surface area contributed by atoms with Crippen LogP contribution in [0.4, 0.5) is 10.5 Å². The molecule has 5 rings (SSSR count). The van der Waals surface area contributed by atoms with Crippen molar-refractivity contribution in [2.75, 3.05) is 11.7 Å². The number of ketones is 1. The molecule has 0 bridgehead atoms. The number of urea groups is 1. The van der Waals surface area contributed by atoms with Gasteiger partial charge in [-0.2, -0.15) is 0 Å². The lowest BCUT2D eigenvalue weighted by atomic mass is 10.1. The van der Waals surface area contributed by atoms with Crippen molar-refractivity contribution in [3.63, 3.8) is 0 Å². The van der Waals surface area contributed by atoms with Crippen LogP contribution in [0.25, 0.3) is 17.4 Å². The van der Waals surface area contributed by atoms with Crippen LogP contribution in [0.15, 0.2) is 64.6 Å². The molecule has 1 N–H and O–H groups in total. The van der Waals surface area contributed by atoms with Crippen molar-refractivity contribution < 1.29 is 33.1 Å². The summed E-state index contributed by atoms with van der Waals surface area (Å²) in [6.07, 6.45) is 1.28. The van der Waals surface area contributed by atoms with Gasteiger partial charge in [0.15, 0.2) is 17.3 Å². The van der Waals surface area contributed by atoms with E-state index in [2.05, 4.69) is 5.32 Å². The van der Waals surface area contributed by atoms with E-state index in [1.807, 2.05) is 0 Å². The molecule has 2 aliphatic rings. The molecule has 164 valence electrons. The minimum Gasteiger partial charge on any atom is -0.457 e. The maximum absolute atomic E-state index is 13.1. The van der Waals surface area contributed by atoms with E-state index in [-0.39, 0.29) is 29.6 Å². The zero-order valence-electron chi connectivity index (χ0n) is 17.3. The first-order valence-electron chi connectivity index (χ1n) is 9.93. The average Bonchev–Trinajstić information content (AvgIpc) is 3.46. The number of anilines is 1. The molecule has 0 atom stereocenters. The highest BCUT2D eigenvalue weighted by molar-refractivity contribution is 6.39. The number of carbonyl (C=O) groups excluding carboxylic acids is 4. The average molecular weight is 444 g/mol. The molecule has 1 saturated heterocycles. The molecule has 1 aromatic heterocycles. The zero-order chi connectivity index (χ0) is 23.1. The SMILES string of the molecule is CC(=O)c1ccc(-c2ccc(/C=C3\C(=O)NC(=O)N(c4ccc5c(c4)OCO5)C3=O)o2)cc1. The monoisotopic (exact) mass is 444 g/mol. The molecular weight excluding hydrogens is 428 g/mol. The van der Waals surface area contributed by atoms with Crippen molar-refractivity contribution in [1.29, 1.82) is 0 Å². The second kappa shape index (κ2) is 7.79. The first-order chi connectivity index (χ1) is 15.9. The summed E-state index contributed by atoms with van der Waals surface area (Å²) >= 11 is 0. The quantitative estimate of drug-likeness (QED) is 0.372. The summed E-state index contributed by atoms with van der Waals surface area (Å²) in [5, 5.41) is 2.16. The molecule has 4 amide bonds. The molecule has 0 spiro atoms. The van der Waals surface area contributed by atoms with Crippen LogP contribution in [0.5, 0.6) is 11.5 Å². The van der Waals surface area contributed by atoms with Gasteiger partial charge in [-0.1, -0.05) is 24.3 Å². The molecule has 3 heterocycles. The first-order valence-corrected chi connectivity index (χ1v) is 9.93. The van der Waals surface area contributed by atoms with Crippen LogP contribution in [0.1, 0.15) is 23.0 Å². The molecule has 0 unspecified atom stereocenters. The Kier molecular flexibility index (Phi) is 4.78. The predicted molar refractivity (Wildman–Crippen MR) is 116 cm³/mol. The number of imide groups is 2. The van der Waals surface area contributed by atoms with Crippen LogP contribution < -0.4 is 19.7 Å². The first kappa shape index (κ1) is 20.3. The summed E-state index contributed by atoms with van der Waals surface area (Å²) in [5.74, 6) is -0.0488. The maximum atomic E-state index is 13.1. The number of benzene rings is 2. The van der Waals surface area contributed by atoms with Gasteiger partial charge in [0.05, 0.1) is 5.69 Å².